The summed E-state index contributed by atoms with van der Waals surface area (Å²) in [5.41, 5.74) is 7.66. The van der Waals surface area contributed by atoms with Crippen LogP contribution in [0.15, 0.2) is 34.1 Å². The minimum Gasteiger partial charge on any atom is -0.456 e. The number of benzene rings is 1. The van der Waals surface area contributed by atoms with Crippen molar-refractivity contribution in [2.45, 2.75) is 13.5 Å². The Balaban J connectivity index is 2.06. The van der Waals surface area contributed by atoms with Crippen LogP contribution in [-0.2, 0) is 11.3 Å². The largest absolute Gasteiger partial charge is 0.456 e. The first-order valence-electron chi connectivity index (χ1n) is 5.33. The summed E-state index contributed by atoms with van der Waals surface area (Å²) in [4.78, 5) is 12.9. The Morgan fingerprint density at radius 1 is 1.44 bits per heavy atom. The number of thiophene rings is 1. The Labute approximate surface area is 118 Å². The van der Waals surface area contributed by atoms with Gasteiger partial charge in [-0.15, -0.1) is 11.3 Å². The maximum absolute atomic E-state index is 11.9. The van der Waals surface area contributed by atoms with E-state index in [2.05, 4.69) is 15.9 Å². The van der Waals surface area contributed by atoms with Crippen molar-refractivity contribution in [2.75, 3.05) is 5.73 Å². The molecule has 0 aliphatic rings. The van der Waals surface area contributed by atoms with Gasteiger partial charge in [0.05, 0.1) is 10.4 Å². The summed E-state index contributed by atoms with van der Waals surface area (Å²) >= 11 is 4.95. The summed E-state index contributed by atoms with van der Waals surface area (Å²) in [6.45, 7) is 2.12. The number of carbonyl (C=O) groups excluding carboxylic acids is 1. The normalized spacial score (nSPS) is 10.3. The molecule has 2 N–H and O–H groups in total. The van der Waals surface area contributed by atoms with Crippen LogP contribution in [0.3, 0.4) is 0 Å². The van der Waals surface area contributed by atoms with E-state index in [9.17, 15) is 4.79 Å². The molecule has 0 aliphatic carbocycles. The van der Waals surface area contributed by atoms with E-state index in [1.807, 2.05) is 18.4 Å². The van der Waals surface area contributed by atoms with Gasteiger partial charge >= 0.3 is 5.97 Å². The van der Waals surface area contributed by atoms with E-state index >= 15 is 0 Å². The summed E-state index contributed by atoms with van der Waals surface area (Å²) in [7, 11) is 0. The SMILES string of the molecule is Cc1cc(N)ccc1C(=O)OCc1sccc1Br. The van der Waals surface area contributed by atoms with Crippen LogP contribution >= 0.6 is 27.3 Å². The van der Waals surface area contributed by atoms with E-state index in [-0.39, 0.29) is 12.6 Å². The molecular formula is C13H12BrNO2S. The Morgan fingerprint density at radius 3 is 2.83 bits per heavy atom. The molecule has 0 aliphatic heterocycles. The third-order valence-electron chi connectivity index (χ3n) is 2.50. The number of carbonyl (C=O) groups is 1. The van der Waals surface area contributed by atoms with Crippen LogP contribution in [0.1, 0.15) is 20.8 Å². The van der Waals surface area contributed by atoms with Crippen molar-refractivity contribution in [1.82, 2.24) is 0 Å². The van der Waals surface area contributed by atoms with Crippen LogP contribution in [0.5, 0.6) is 0 Å². The molecule has 2 rings (SSSR count). The summed E-state index contributed by atoms with van der Waals surface area (Å²) in [5, 5.41) is 1.95. The number of esters is 1. The fourth-order valence-electron chi connectivity index (χ4n) is 1.55. The molecule has 1 heterocycles. The molecule has 0 radical (unpaired) electrons. The second-order valence-electron chi connectivity index (χ2n) is 3.84. The minimum absolute atomic E-state index is 0.279. The lowest BCUT2D eigenvalue weighted by Crippen LogP contribution is -2.07. The zero-order valence-corrected chi connectivity index (χ0v) is 12.2. The van der Waals surface area contributed by atoms with Gasteiger partial charge in [-0.1, -0.05) is 0 Å². The van der Waals surface area contributed by atoms with Crippen LogP contribution in [0.2, 0.25) is 0 Å². The average molecular weight is 326 g/mol. The van der Waals surface area contributed by atoms with Crippen LogP contribution in [0.25, 0.3) is 0 Å². The summed E-state index contributed by atoms with van der Waals surface area (Å²) in [6.07, 6.45) is 0. The average Bonchev–Trinajstić information content (AvgIpc) is 2.72. The zero-order valence-electron chi connectivity index (χ0n) is 9.77. The number of anilines is 1. The van der Waals surface area contributed by atoms with Crippen molar-refractivity contribution in [3.8, 4) is 0 Å². The molecule has 0 amide bonds. The number of nitrogens with two attached hydrogens (primary N) is 1. The van der Waals surface area contributed by atoms with E-state index in [1.54, 1.807) is 29.5 Å². The predicted molar refractivity (Wildman–Crippen MR) is 76.7 cm³/mol. The van der Waals surface area contributed by atoms with Gasteiger partial charge in [0.1, 0.15) is 6.61 Å². The maximum Gasteiger partial charge on any atom is 0.338 e. The molecule has 3 nitrogen and oxygen atoms in total. The fourth-order valence-corrected chi connectivity index (χ4v) is 2.93. The lowest BCUT2D eigenvalue weighted by Gasteiger charge is -2.07. The van der Waals surface area contributed by atoms with Crippen molar-refractivity contribution in [3.63, 3.8) is 0 Å². The first-order chi connectivity index (χ1) is 8.58. The molecule has 5 heteroatoms. The molecule has 1 aromatic carbocycles. The van der Waals surface area contributed by atoms with Gasteiger partial charge in [-0.2, -0.15) is 0 Å². The highest BCUT2D eigenvalue weighted by atomic mass is 79.9. The van der Waals surface area contributed by atoms with Crippen molar-refractivity contribution in [2.24, 2.45) is 0 Å². The highest BCUT2D eigenvalue weighted by Gasteiger charge is 2.12. The number of aryl methyl sites for hydroxylation is 1. The summed E-state index contributed by atoms with van der Waals surface area (Å²) < 4.78 is 6.24. The summed E-state index contributed by atoms with van der Waals surface area (Å²) in [6, 6.07) is 7.08. The first kappa shape index (κ1) is 13.1. The molecule has 0 saturated carbocycles. The van der Waals surface area contributed by atoms with E-state index in [4.69, 9.17) is 10.5 Å². The Bertz CT molecular complexity index is 580. The lowest BCUT2D eigenvalue weighted by atomic mass is 10.1. The van der Waals surface area contributed by atoms with Crippen molar-refractivity contribution in [3.05, 3.63) is 50.1 Å². The third-order valence-corrected chi connectivity index (χ3v) is 4.40. The Hall–Kier alpha value is -1.33. The molecule has 0 spiro atoms. The number of rotatable bonds is 3. The van der Waals surface area contributed by atoms with Crippen LogP contribution in [0, 0.1) is 6.92 Å². The highest BCUT2D eigenvalue weighted by molar-refractivity contribution is 9.10. The van der Waals surface area contributed by atoms with Gasteiger partial charge in [-0.25, -0.2) is 4.79 Å². The molecule has 0 saturated heterocycles. The number of hydrogen-bond acceptors (Lipinski definition) is 4. The standard InChI is InChI=1S/C13H12BrNO2S/c1-8-6-9(15)2-3-10(8)13(16)17-7-12-11(14)4-5-18-12/h2-6H,7,15H2,1H3. The Kier molecular flexibility index (Phi) is 4.04. The molecule has 0 bridgehead atoms. The Morgan fingerprint density at radius 2 is 2.22 bits per heavy atom. The smallest absolute Gasteiger partial charge is 0.338 e. The van der Waals surface area contributed by atoms with Gasteiger partial charge in [-0.3, -0.25) is 0 Å². The van der Waals surface area contributed by atoms with Gasteiger partial charge in [0.25, 0.3) is 0 Å². The van der Waals surface area contributed by atoms with Gasteiger partial charge in [-0.05, 0) is 58.1 Å². The number of halogens is 1. The van der Waals surface area contributed by atoms with Crippen LogP contribution in [-0.4, -0.2) is 5.97 Å². The lowest BCUT2D eigenvalue weighted by molar-refractivity contribution is 0.0475. The maximum atomic E-state index is 11.9. The van der Waals surface area contributed by atoms with Crippen LogP contribution < -0.4 is 5.73 Å². The van der Waals surface area contributed by atoms with E-state index in [0.29, 0.717) is 11.3 Å². The molecule has 0 atom stereocenters. The molecule has 0 unspecified atom stereocenters. The molecule has 94 valence electrons. The second kappa shape index (κ2) is 5.54. The monoisotopic (exact) mass is 325 g/mol. The van der Waals surface area contributed by atoms with Crippen molar-refractivity contribution < 1.29 is 9.53 Å². The highest BCUT2D eigenvalue weighted by Crippen LogP contribution is 2.24. The summed E-state index contributed by atoms with van der Waals surface area (Å²) in [5.74, 6) is -0.326. The van der Waals surface area contributed by atoms with Gasteiger partial charge < -0.3 is 10.5 Å². The third kappa shape index (κ3) is 2.91. The zero-order chi connectivity index (χ0) is 13.1. The quantitative estimate of drug-likeness (QED) is 0.690. The number of ether oxygens (including phenoxy) is 1. The minimum atomic E-state index is -0.326. The second-order valence-corrected chi connectivity index (χ2v) is 5.70. The topological polar surface area (TPSA) is 52.3 Å². The fraction of sp³-hybridized carbons (Fsp3) is 0.154. The van der Waals surface area contributed by atoms with Crippen molar-refractivity contribution in [1.29, 1.82) is 0 Å². The van der Waals surface area contributed by atoms with Crippen LogP contribution in [0.4, 0.5) is 5.69 Å². The molecule has 1 aromatic heterocycles. The van der Waals surface area contributed by atoms with Crippen molar-refractivity contribution >= 4 is 38.9 Å². The van der Waals surface area contributed by atoms with E-state index in [0.717, 1.165) is 14.9 Å². The number of nitrogen functional groups attached to an aromatic ring is 1. The molecule has 2 aromatic rings. The molecular weight excluding hydrogens is 314 g/mol. The van der Waals surface area contributed by atoms with Gasteiger partial charge in [0.15, 0.2) is 0 Å². The van der Waals surface area contributed by atoms with E-state index < -0.39 is 0 Å². The molecule has 18 heavy (non-hydrogen) atoms. The first-order valence-corrected chi connectivity index (χ1v) is 7.00. The number of hydrogen-bond donors (Lipinski definition) is 1. The van der Waals surface area contributed by atoms with Gasteiger partial charge in [0, 0.05) is 10.2 Å². The predicted octanol–water partition coefficient (Wildman–Crippen LogP) is 3.76. The van der Waals surface area contributed by atoms with E-state index in [1.165, 1.54) is 0 Å². The molecule has 0 fully saturated rings. The van der Waals surface area contributed by atoms with Gasteiger partial charge in [0.2, 0.25) is 0 Å².